The van der Waals surface area contributed by atoms with Crippen LogP contribution in [-0.2, 0) is 20.7 Å². The Bertz CT molecular complexity index is 1010. The Kier molecular flexibility index (Phi) is 9.64. The topological polar surface area (TPSA) is 167 Å². The maximum Gasteiger partial charge on any atom is 0.337 e. The number of ether oxygens (including phenoxy) is 1. The molecule has 0 spiro atoms. The third-order valence-electron chi connectivity index (χ3n) is 5.56. The number of fused-ring (bicyclic) bond motifs is 3. The molecule has 33 heavy (non-hydrogen) atoms. The van der Waals surface area contributed by atoms with Crippen molar-refractivity contribution in [1.82, 2.24) is 15.6 Å². The highest BCUT2D eigenvalue weighted by atomic mass is 16.5. The molecule has 0 fully saturated rings. The van der Waals surface area contributed by atoms with Gasteiger partial charge in [-0.1, -0.05) is 24.3 Å². The second-order valence-electron chi connectivity index (χ2n) is 7.39. The van der Waals surface area contributed by atoms with Crippen LogP contribution in [0.4, 0.5) is 4.79 Å². The van der Waals surface area contributed by atoms with E-state index in [9.17, 15) is 19.5 Å². The fourth-order valence-electron chi connectivity index (χ4n) is 4.02. The number of nitrogens with two attached hydrogens (primary N) is 1. The maximum atomic E-state index is 12.1. The molecule has 3 rings (SSSR count). The van der Waals surface area contributed by atoms with Gasteiger partial charge in [0.05, 0.1) is 18.9 Å². The van der Waals surface area contributed by atoms with Crippen LogP contribution in [0.25, 0.3) is 10.9 Å². The molecule has 1 aromatic carbocycles. The van der Waals surface area contributed by atoms with Crippen LogP contribution in [-0.4, -0.2) is 53.9 Å². The van der Waals surface area contributed by atoms with E-state index in [0.29, 0.717) is 6.42 Å². The highest BCUT2D eigenvalue weighted by molar-refractivity contribution is 5.89. The van der Waals surface area contributed by atoms with Crippen molar-refractivity contribution in [2.45, 2.75) is 18.9 Å². The Morgan fingerprint density at radius 2 is 2.12 bits per heavy atom. The number of carbonyl (C=O) groups is 3. The Morgan fingerprint density at radius 1 is 1.39 bits per heavy atom. The monoisotopic (exact) mass is 458 g/mol. The molecule has 1 aliphatic rings. The summed E-state index contributed by atoms with van der Waals surface area (Å²) in [6.07, 6.45) is 4.33. The summed E-state index contributed by atoms with van der Waals surface area (Å²) in [5.41, 5.74) is 7.94. The lowest BCUT2D eigenvalue weighted by Gasteiger charge is -2.30. The van der Waals surface area contributed by atoms with E-state index >= 15 is 0 Å². The van der Waals surface area contributed by atoms with E-state index < -0.39 is 30.6 Å². The molecule has 0 aliphatic carbocycles. The van der Waals surface area contributed by atoms with Crippen LogP contribution in [0.3, 0.4) is 0 Å². The van der Waals surface area contributed by atoms with Gasteiger partial charge in [-0.25, -0.2) is 9.59 Å². The van der Waals surface area contributed by atoms with Gasteiger partial charge in [0.15, 0.2) is 0 Å². The molecule has 0 radical (unpaired) electrons. The number of aromatic amines is 1. The SMILES string of the molecule is C=C[C@@H](C=O)[C@H](C[C@@H]1NCCc2c1[nH]c1ccccc21)/C(=C/O)C(=O)OC.NC(=O)NCO. The van der Waals surface area contributed by atoms with Gasteiger partial charge < -0.3 is 41.1 Å². The number of para-hydroxylation sites is 1. The number of benzene rings is 1. The summed E-state index contributed by atoms with van der Waals surface area (Å²) in [6.45, 7) is 4.11. The largest absolute Gasteiger partial charge is 0.515 e. The molecule has 1 aromatic heterocycles. The third-order valence-corrected chi connectivity index (χ3v) is 5.56. The minimum Gasteiger partial charge on any atom is -0.515 e. The first-order valence-corrected chi connectivity index (χ1v) is 10.4. The minimum absolute atomic E-state index is 0.0690. The van der Waals surface area contributed by atoms with Crippen LogP contribution in [0.1, 0.15) is 23.7 Å². The first-order chi connectivity index (χ1) is 15.9. The maximum absolute atomic E-state index is 12.1. The lowest BCUT2D eigenvalue weighted by Crippen LogP contribution is -2.34. The van der Waals surface area contributed by atoms with Crippen LogP contribution in [0, 0.1) is 11.8 Å². The lowest BCUT2D eigenvalue weighted by atomic mass is 9.80. The van der Waals surface area contributed by atoms with Crippen LogP contribution in [0.15, 0.2) is 48.8 Å². The number of methoxy groups -OCH3 is 1. The molecule has 3 atom stereocenters. The molecule has 10 nitrogen and oxygen atoms in total. The summed E-state index contributed by atoms with van der Waals surface area (Å²) >= 11 is 0. The molecule has 0 saturated carbocycles. The van der Waals surface area contributed by atoms with Gasteiger partial charge in [0.1, 0.15) is 13.0 Å². The molecule has 7 N–H and O–H groups in total. The van der Waals surface area contributed by atoms with Gasteiger partial charge >= 0.3 is 12.0 Å². The van der Waals surface area contributed by atoms with E-state index in [1.807, 2.05) is 23.5 Å². The number of allylic oxidation sites excluding steroid dienone is 1. The number of H-pyrrole nitrogens is 1. The van der Waals surface area contributed by atoms with Crippen molar-refractivity contribution in [3.8, 4) is 0 Å². The molecular weight excluding hydrogens is 428 g/mol. The fraction of sp³-hybridized carbons (Fsp3) is 0.348. The van der Waals surface area contributed by atoms with Gasteiger partial charge in [-0.05, 0) is 31.0 Å². The number of nitrogens with one attached hydrogen (secondary N) is 3. The van der Waals surface area contributed by atoms with Gasteiger partial charge in [0.2, 0.25) is 0 Å². The van der Waals surface area contributed by atoms with Crippen LogP contribution >= 0.6 is 0 Å². The standard InChI is InChI=1S/C21H24N2O4.C2H6N2O2/c1-3-13(11-24)16(17(12-25)21(26)27-2)10-19-20-15(8-9-22-19)14-6-4-5-7-18(14)23-20;3-2(6)4-1-5/h3-7,11-13,16,19,22-23,25H,1,8-10H2,2H3;5H,1H2,(H3,3,4,6)/b17-12-;/t13-,16-,19-;/m0./s1. The second kappa shape index (κ2) is 12.4. The molecule has 178 valence electrons. The molecule has 0 unspecified atom stereocenters. The Hall–Kier alpha value is -3.63. The van der Waals surface area contributed by atoms with Gasteiger partial charge in [0.25, 0.3) is 0 Å². The van der Waals surface area contributed by atoms with E-state index in [-0.39, 0.29) is 11.6 Å². The summed E-state index contributed by atoms with van der Waals surface area (Å²) in [7, 11) is 1.25. The average molecular weight is 459 g/mol. The first kappa shape index (κ1) is 25.6. The van der Waals surface area contributed by atoms with Crippen molar-refractivity contribution in [2.75, 3.05) is 20.4 Å². The van der Waals surface area contributed by atoms with Crippen molar-refractivity contribution in [3.05, 3.63) is 60.0 Å². The number of hydrogen-bond acceptors (Lipinski definition) is 7. The van der Waals surface area contributed by atoms with E-state index in [0.717, 1.165) is 36.7 Å². The molecule has 10 heteroatoms. The molecule has 1 aliphatic heterocycles. The van der Waals surface area contributed by atoms with E-state index in [4.69, 9.17) is 9.84 Å². The van der Waals surface area contributed by atoms with E-state index in [1.54, 1.807) is 0 Å². The molecular formula is C23H30N4O6. The Balaban J connectivity index is 0.000000569. The Labute approximate surface area is 191 Å². The number of carbonyl (C=O) groups excluding carboxylic acids is 3. The number of esters is 1. The zero-order valence-electron chi connectivity index (χ0n) is 18.4. The number of amides is 2. The van der Waals surface area contributed by atoms with Gasteiger partial charge in [0, 0.05) is 34.5 Å². The minimum atomic E-state index is -0.711. The summed E-state index contributed by atoms with van der Waals surface area (Å²) in [6, 6.07) is 7.33. The lowest BCUT2D eigenvalue weighted by molar-refractivity contribution is -0.137. The summed E-state index contributed by atoms with van der Waals surface area (Å²) in [4.78, 5) is 36.7. The number of hydrogen-bond donors (Lipinski definition) is 6. The van der Waals surface area contributed by atoms with E-state index in [2.05, 4.69) is 28.7 Å². The van der Waals surface area contributed by atoms with Crippen LogP contribution in [0.2, 0.25) is 0 Å². The Morgan fingerprint density at radius 3 is 2.67 bits per heavy atom. The average Bonchev–Trinajstić information content (AvgIpc) is 3.20. The number of aliphatic hydroxyl groups excluding tert-OH is 2. The predicted octanol–water partition coefficient (Wildman–Crippen LogP) is 1.58. The first-order valence-electron chi connectivity index (χ1n) is 10.4. The van der Waals surface area contributed by atoms with Crippen molar-refractivity contribution in [3.63, 3.8) is 0 Å². The van der Waals surface area contributed by atoms with Crippen molar-refractivity contribution in [2.24, 2.45) is 17.6 Å². The second-order valence-corrected chi connectivity index (χ2v) is 7.39. The van der Waals surface area contributed by atoms with Gasteiger partial charge in [-0.2, -0.15) is 0 Å². The summed E-state index contributed by atoms with van der Waals surface area (Å²) in [5, 5.41) is 24.0. The van der Waals surface area contributed by atoms with Crippen molar-refractivity contribution >= 4 is 29.2 Å². The van der Waals surface area contributed by atoms with Crippen LogP contribution in [0.5, 0.6) is 0 Å². The number of aliphatic hydroxyl groups is 2. The zero-order chi connectivity index (χ0) is 24.4. The highest BCUT2D eigenvalue weighted by Crippen LogP contribution is 2.37. The van der Waals surface area contributed by atoms with Gasteiger partial charge in [-0.15, -0.1) is 6.58 Å². The smallest absolute Gasteiger partial charge is 0.337 e. The quantitative estimate of drug-likeness (QED) is 0.0872. The summed E-state index contributed by atoms with van der Waals surface area (Å²) in [5.74, 6) is -1.81. The van der Waals surface area contributed by atoms with E-state index in [1.165, 1.54) is 24.1 Å². The normalized spacial score (nSPS) is 17.0. The predicted molar refractivity (Wildman–Crippen MR) is 123 cm³/mol. The molecule has 2 heterocycles. The number of rotatable bonds is 8. The molecule has 2 amide bonds. The van der Waals surface area contributed by atoms with Gasteiger partial charge in [-0.3, -0.25) is 0 Å². The zero-order valence-corrected chi connectivity index (χ0v) is 18.4. The van der Waals surface area contributed by atoms with Crippen molar-refractivity contribution in [1.29, 1.82) is 0 Å². The molecule has 0 saturated heterocycles. The third kappa shape index (κ3) is 6.21. The fourth-order valence-corrected chi connectivity index (χ4v) is 4.02. The number of aldehydes is 1. The highest BCUT2D eigenvalue weighted by Gasteiger charge is 2.33. The summed E-state index contributed by atoms with van der Waals surface area (Å²) < 4.78 is 4.78. The molecule has 2 aromatic rings. The number of aromatic nitrogens is 1. The number of primary amides is 1. The van der Waals surface area contributed by atoms with Crippen LogP contribution < -0.4 is 16.4 Å². The number of urea groups is 1. The molecule has 0 bridgehead atoms. The van der Waals surface area contributed by atoms with Crippen molar-refractivity contribution < 1.29 is 29.3 Å².